The van der Waals surface area contributed by atoms with Gasteiger partial charge in [0.05, 0.1) is 17.7 Å². The highest BCUT2D eigenvalue weighted by atomic mass is 16.2. The molecular formula is C16H17NO3. The summed E-state index contributed by atoms with van der Waals surface area (Å²) in [4.78, 5) is 37.7. The van der Waals surface area contributed by atoms with E-state index in [0.29, 0.717) is 11.1 Å². The average molecular weight is 271 g/mol. The number of hydrogen-bond donors (Lipinski definition) is 0. The third-order valence-electron chi connectivity index (χ3n) is 4.25. The molecule has 0 bridgehead atoms. The van der Waals surface area contributed by atoms with E-state index in [0.717, 1.165) is 30.6 Å². The molecule has 104 valence electrons. The summed E-state index contributed by atoms with van der Waals surface area (Å²) in [5.74, 6) is -0.628. The number of hydrogen-bond acceptors (Lipinski definition) is 3. The zero-order valence-corrected chi connectivity index (χ0v) is 11.3. The third-order valence-corrected chi connectivity index (χ3v) is 4.25. The van der Waals surface area contributed by atoms with Gasteiger partial charge in [0.1, 0.15) is 0 Å². The molecule has 2 amide bonds. The molecule has 4 nitrogen and oxygen atoms in total. The molecule has 1 saturated carbocycles. The van der Waals surface area contributed by atoms with Gasteiger partial charge >= 0.3 is 0 Å². The van der Waals surface area contributed by atoms with Crippen LogP contribution in [0.4, 0.5) is 0 Å². The van der Waals surface area contributed by atoms with E-state index >= 15 is 0 Å². The lowest BCUT2D eigenvalue weighted by molar-refractivity contribution is -0.124. The van der Waals surface area contributed by atoms with Crippen LogP contribution in [0.1, 0.15) is 52.8 Å². The minimum atomic E-state index is -0.338. The summed E-state index contributed by atoms with van der Waals surface area (Å²) in [6.45, 7) is -0.0724. The predicted octanol–water partition coefficient (Wildman–Crippen LogP) is 2.43. The molecule has 1 aromatic rings. The van der Waals surface area contributed by atoms with Gasteiger partial charge in [-0.05, 0) is 25.0 Å². The Balaban J connectivity index is 1.74. The first-order valence-corrected chi connectivity index (χ1v) is 7.16. The first-order valence-electron chi connectivity index (χ1n) is 7.16. The Kier molecular flexibility index (Phi) is 3.38. The Morgan fingerprint density at radius 2 is 1.55 bits per heavy atom. The molecule has 1 heterocycles. The molecule has 20 heavy (non-hydrogen) atoms. The number of nitrogens with zero attached hydrogens (tertiary/aromatic N) is 1. The zero-order valence-electron chi connectivity index (χ0n) is 11.3. The second kappa shape index (κ2) is 5.19. The van der Waals surface area contributed by atoms with Gasteiger partial charge in [-0.15, -0.1) is 0 Å². The van der Waals surface area contributed by atoms with Crippen molar-refractivity contribution in [1.29, 1.82) is 0 Å². The number of ketones is 1. The van der Waals surface area contributed by atoms with Crippen LogP contribution < -0.4 is 0 Å². The molecule has 0 saturated heterocycles. The van der Waals surface area contributed by atoms with Crippen molar-refractivity contribution in [3.05, 3.63) is 35.4 Å². The number of fused-ring (bicyclic) bond motifs is 1. The van der Waals surface area contributed by atoms with Crippen LogP contribution in [-0.4, -0.2) is 29.0 Å². The van der Waals surface area contributed by atoms with Crippen molar-refractivity contribution in [1.82, 2.24) is 4.90 Å². The van der Waals surface area contributed by atoms with Gasteiger partial charge in [0.25, 0.3) is 11.8 Å². The van der Waals surface area contributed by atoms with E-state index in [4.69, 9.17) is 0 Å². The van der Waals surface area contributed by atoms with Gasteiger partial charge in [-0.25, -0.2) is 0 Å². The van der Waals surface area contributed by atoms with Gasteiger partial charge < -0.3 is 0 Å². The maximum Gasteiger partial charge on any atom is 0.261 e. The van der Waals surface area contributed by atoms with Crippen molar-refractivity contribution < 1.29 is 14.4 Å². The summed E-state index contributed by atoms with van der Waals surface area (Å²) in [6.07, 6.45) is 5.10. The van der Waals surface area contributed by atoms with Crippen molar-refractivity contribution in [3.8, 4) is 0 Å². The molecule has 0 aromatic heterocycles. The summed E-state index contributed by atoms with van der Waals surface area (Å²) >= 11 is 0. The van der Waals surface area contributed by atoms with Crippen LogP contribution in [0.15, 0.2) is 24.3 Å². The van der Waals surface area contributed by atoms with Gasteiger partial charge in [-0.3, -0.25) is 19.3 Å². The van der Waals surface area contributed by atoms with Gasteiger partial charge in [0.15, 0.2) is 5.78 Å². The zero-order chi connectivity index (χ0) is 14.1. The molecular weight excluding hydrogens is 254 g/mol. The van der Waals surface area contributed by atoms with Crippen LogP contribution in [0.5, 0.6) is 0 Å². The lowest BCUT2D eigenvalue weighted by Crippen LogP contribution is -2.37. The summed E-state index contributed by atoms with van der Waals surface area (Å²) < 4.78 is 0. The van der Waals surface area contributed by atoms with Crippen molar-refractivity contribution >= 4 is 17.6 Å². The highest BCUT2D eigenvalue weighted by Gasteiger charge is 2.37. The molecule has 0 atom stereocenters. The number of amides is 2. The van der Waals surface area contributed by atoms with Crippen molar-refractivity contribution in [3.63, 3.8) is 0 Å². The monoisotopic (exact) mass is 271 g/mol. The van der Waals surface area contributed by atoms with E-state index in [-0.39, 0.29) is 30.1 Å². The quantitative estimate of drug-likeness (QED) is 0.793. The number of rotatable bonds is 3. The summed E-state index contributed by atoms with van der Waals surface area (Å²) in [7, 11) is 0. The minimum Gasteiger partial charge on any atom is -0.297 e. The standard InChI is InChI=1S/C16H17NO3/c18-14(11-6-2-1-3-7-11)10-17-15(19)12-8-4-5-9-13(12)16(17)20/h4-5,8-9,11H,1-3,6-7,10H2. The Bertz CT molecular complexity index is 538. The largest absolute Gasteiger partial charge is 0.297 e. The van der Waals surface area contributed by atoms with Crippen LogP contribution >= 0.6 is 0 Å². The second-order valence-corrected chi connectivity index (χ2v) is 5.54. The highest BCUT2D eigenvalue weighted by Crippen LogP contribution is 2.27. The van der Waals surface area contributed by atoms with Gasteiger partial charge in [0.2, 0.25) is 0 Å². The van der Waals surface area contributed by atoms with Gasteiger partial charge in [-0.2, -0.15) is 0 Å². The fourth-order valence-corrected chi connectivity index (χ4v) is 3.09. The molecule has 2 aliphatic rings. The fourth-order valence-electron chi connectivity index (χ4n) is 3.09. The number of carbonyl (C=O) groups is 3. The average Bonchev–Trinajstić information content (AvgIpc) is 2.74. The van der Waals surface area contributed by atoms with E-state index in [1.165, 1.54) is 6.42 Å². The van der Waals surface area contributed by atoms with Gasteiger partial charge in [0, 0.05) is 5.92 Å². The maximum atomic E-state index is 12.3. The molecule has 0 unspecified atom stereocenters. The summed E-state index contributed by atoms with van der Waals surface area (Å²) in [6, 6.07) is 6.74. The van der Waals surface area contributed by atoms with Crippen molar-refractivity contribution in [2.45, 2.75) is 32.1 Å². The van der Waals surface area contributed by atoms with Gasteiger partial charge in [-0.1, -0.05) is 31.4 Å². The predicted molar refractivity (Wildman–Crippen MR) is 73.4 cm³/mol. The topological polar surface area (TPSA) is 54.5 Å². The molecule has 1 aliphatic carbocycles. The van der Waals surface area contributed by atoms with E-state index in [9.17, 15) is 14.4 Å². The molecule has 1 fully saturated rings. The van der Waals surface area contributed by atoms with Crippen LogP contribution in [0, 0.1) is 5.92 Å². The smallest absolute Gasteiger partial charge is 0.261 e. The van der Waals surface area contributed by atoms with Crippen molar-refractivity contribution in [2.75, 3.05) is 6.54 Å². The van der Waals surface area contributed by atoms with Crippen LogP contribution in [0.2, 0.25) is 0 Å². The summed E-state index contributed by atoms with van der Waals surface area (Å²) in [5, 5.41) is 0. The summed E-state index contributed by atoms with van der Waals surface area (Å²) in [5.41, 5.74) is 0.822. The first kappa shape index (κ1) is 13.0. The first-order chi connectivity index (χ1) is 9.68. The maximum absolute atomic E-state index is 12.3. The van der Waals surface area contributed by atoms with E-state index in [1.807, 2.05) is 0 Å². The molecule has 0 spiro atoms. The molecule has 3 rings (SSSR count). The lowest BCUT2D eigenvalue weighted by atomic mass is 9.86. The highest BCUT2D eigenvalue weighted by molar-refractivity contribution is 6.22. The molecule has 4 heteroatoms. The molecule has 0 radical (unpaired) electrons. The molecule has 1 aliphatic heterocycles. The lowest BCUT2D eigenvalue weighted by Gasteiger charge is -2.22. The van der Waals surface area contributed by atoms with Crippen LogP contribution in [0.3, 0.4) is 0 Å². The number of Topliss-reactive ketones (excluding diaryl/α,β-unsaturated/α-hetero) is 1. The minimum absolute atomic E-state index is 0.0214. The van der Waals surface area contributed by atoms with E-state index < -0.39 is 0 Å². The molecule has 1 aromatic carbocycles. The second-order valence-electron chi connectivity index (χ2n) is 5.54. The Labute approximate surface area is 117 Å². The Hall–Kier alpha value is -1.97. The normalized spacial score (nSPS) is 19.3. The van der Waals surface area contributed by atoms with Crippen molar-refractivity contribution in [2.24, 2.45) is 5.92 Å². The Morgan fingerprint density at radius 1 is 1.00 bits per heavy atom. The van der Waals surface area contributed by atoms with E-state index in [2.05, 4.69) is 0 Å². The molecule has 0 N–H and O–H groups in total. The number of imide groups is 1. The SMILES string of the molecule is O=C(CN1C(=O)c2ccccc2C1=O)C1CCCCC1. The Morgan fingerprint density at radius 3 is 2.10 bits per heavy atom. The number of carbonyl (C=O) groups excluding carboxylic acids is 3. The van der Waals surface area contributed by atoms with E-state index in [1.54, 1.807) is 24.3 Å². The fraction of sp³-hybridized carbons (Fsp3) is 0.438. The number of benzene rings is 1. The van der Waals surface area contributed by atoms with Crippen LogP contribution in [0.25, 0.3) is 0 Å². The third kappa shape index (κ3) is 2.15. The van der Waals surface area contributed by atoms with Crippen LogP contribution in [-0.2, 0) is 4.79 Å².